The minimum Gasteiger partial charge on any atom is -0.464 e. The third-order valence-corrected chi connectivity index (χ3v) is 7.05. The Morgan fingerprint density at radius 1 is 1.05 bits per heavy atom. The zero-order valence-corrected chi connectivity index (χ0v) is 21.9. The van der Waals surface area contributed by atoms with Crippen LogP contribution in [0.25, 0.3) is 11.3 Å². The largest absolute Gasteiger partial charge is 0.464 e. The number of nitrogens with one attached hydrogen (secondary N) is 2. The highest BCUT2D eigenvalue weighted by atomic mass is 35.5. The van der Waals surface area contributed by atoms with Crippen LogP contribution in [0.15, 0.2) is 83.3 Å². The summed E-state index contributed by atoms with van der Waals surface area (Å²) in [6, 6.07) is 23.2. The molecule has 0 bridgehead atoms. The van der Waals surface area contributed by atoms with Crippen molar-refractivity contribution in [3.05, 3.63) is 107 Å². The molecule has 7 nitrogen and oxygen atoms in total. The Bertz CT molecular complexity index is 1390. The molecule has 1 aliphatic heterocycles. The van der Waals surface area contributed by atoms with Gasteiger partial charge in [-0.25, -0.2) is 0 Å². The predicted molar refractivity (Wildman–Crippen MR) is 146 cm³/mol. The lowest BCUT2D eigenvalue weighted by atomic mass is 10.1. The maximum Gasteiger partial charge on any atom is 0.271 e. The van der Waals surface area contributed by atoms with E-state index in [0.717, 1.165) is 29.7 Å². The summed E-state index contributed by atoms with van der Waals surface area (Å²) in [6.45, 7) is 2.97. The molecule has 5 rings (SSSR count). The molecule has 8 heteroatoms. The second-order valence-corrected chi connectivity index (χ2v) is 9.81. The van der Waals surface area contributed by atoms with Crippen molar-refractivity contribution < 1.29 is 18.7 Å². The van der Waals surface area contributed by atoms with Gasteiger partial charge < -0.3 is 24.4 Å². The Labute approximate surface area is 226 Å². The number of aromatic amines is 1. The summed E-state index contributed by atoms with van der Waals surface area (Å²) in [5.74, 6) is 0.333. The van der Waals surface area contributed by atoms with Crippen molar-refractivity contribution in [2.24, 2.45) is 0 Å². The summed E-state index contributed by atoms with van der Waals surface area (Å²) in [5, 5.41) is 3.50. The fourth-order valence-corrected chi connectivity index (χ4v) is 4.89. The Balaban J connectivity index is 1.51. The van der Waals surface area contributed by atoms with Crippen LogP contribution in [0.1, 0.15) is 46.5 Å². The number of halogens is 1. The molecule has 2 aromatic carbocycles. The van der Waals surface area contributed by atoms with Gasteiger partial charge in [0, 0.05) is 30.4 Å². The van der Waals surface area contributed by atoms with E-state index >= 15 is 0 Å². The van der Waals surface area contributed by atoms with Crippen LogP contribution in [0.3, 0.4) is 0 Å². The van der Waals surface area contributed by atoms with Crippen molar-refractivity contribution in [3.8, 4) is 11.3 Å². The maximum absolute atomic E-state index is 14.1. The normalized spacial score (nSPS) is 15.8. The number of carbonyl (C=O) groups excluding carboxylic acids is 2. The summed E-state index contributed by atoms with van der Waals surface area (Å²) in [7, 11) is 0. The lowest BCUT2D eigenvalue weighted by molar-refractivity contribution is -0.127. The summed E-state index contributed by atoms with van der Waals surface area (Å²) >= 11 is 6.50. The maximum atomic E-state index is 14.1. The minimum absolute atomic E-state index is 0.0394. The lowest BCUT2D eigenvalue weighted by Crippen LogP contribution is -2.45. The number of benzene rings is 2. The average molecular weight is 532 g/mol. The molecule has 38 heavy (non-hydrogen) atoms. The van der Waals surface area contributed by atoms with Crippen molar-refractivity contribution in [2.75, 3.05) is 13.2 Å². The van der Waals surface area contributed by atoms with Crippen LogP contribution in [0, 0.1) is 6.92 Å². The number of aryl methyl sites for hydroxylation is 1. The minimum atomic E-state index is -1.02. The van der Waals surface area contributed by atoms with Crippen LogP contribution >= 0.6 is 11.6 Å². The molecule has 1 fully saturated rings. The second kappa shape index (κ2) is 11.7. The van der Waals surface area contributed by atoms with E-state index < -0.39 is 6.04 Å². The van der Waals surface area contributed by atoms with Gasteiger partial charge in [-0.15, -0.1) is 0 Å². The first-order chi connectivity index (χ1) is 18.5. The molecule has 0 unspecified atom stereocenters. The number of rotatable bonds is 9. The van der Waals surface area contributed by atoms with Crippen molar-refractivity contribution in [3.63, 3.8) is 0 Å². The molecule has 0 spiro atoms. The first-order valence-corrected chi connectivity index (χ1v) is 13.1. The van der Waals surface area contributed by atoms with E-state index in [2.05, 4.69) is 10.3 Å². The molecular formula is C30H30ClN3O4. The molecule has 2 amide bonds. The number of H-pyrrole nitrogens is 1. The van der Waals surface area contributed by atoms with E-state index in [0.29, 0.717) is 35.4 Å². The molecule has 3 heterocycles. The third-order valence-electron chi connectivity index (χ3n) is 6.68. The molecule has 196 valence electrons. The number of ether oxygens (including phenoxy) is 1. The summed E-state index contributed by atoms with van der Waals surface area (Å²) in [6.07, 6.45) is 1.81. The Hall–Kier alpha value is -3.81. The number of amides is 2. The van der Waals surface area contributed by atoms with Crippen LogP contribution in [-0.2, 0) is 16.1 Å². The predicted octanol–water partition coefficient (Wildman–Crippen LogP) is 5.92. The zero-order valence-electron chi connectivity index (χ0n) is 21.2. The van der Waals surface area contributed by atoms with Crippen LogP contribution in [0.2, 0.25) is 5.02 Å². The van der Waals surface area contributed by atoms with Crippen LogP contribution in [0.4, 0.5) is 0 Å². The quantitative estimate of drug-likeness (QED) is 0.281. The van der Waals surface area contributed by atoms with Gasteiger partial charge in [0.1, 0.15) is 17.2 Å². The molecule has 2 N–H and O–H groups in total. The highest BCUT2D eigenvalue weighted by Crippen LogP contribution is 2.30. The van der Waals surface area contributed by atoms with Gasteiger partial charge in [0.25, 0.3) is 11.8 Å². The third kappa shape index (κ3) is 5.85. The first-order valence-electron chi connectivity index (χ1n) is 12.7. The Kier molecular flexibility index (Phi) is 7.96. The number of carbonyl (C=O) groups is 2. The number of nitrogens with zero attached hydrogens (tertiary/aromatic N) is 1. The van der Waals surface area contributed by atoms with E-state index in [1.54, 1.807) is 24.3 Å². The van der Waals surface area contributed by atoms with Crippen molar-refractivity contribution in [1.82, 2.24) is 15.2 Å². The summed E-state index contributed by atoms with van der Waals surface area (Å²) in [4.78, 5) is 32.6. The van der Waals surface area contributed by atoms with Gasteiger partial charge in [0.05, 0.1) is 6.10 Å². The van der Waals surface area contributed by atoms with Crippen molar-refractivity contribution in [2.45, 2.75) is 38.5 Å². The second-order valence-electron chi connectivity index (χ2n) is 9.41. The van der Waals surface area contributed by atoms with E-state index in [1.165, 1.54) is 4.90 Å². The monoisotopic (exact) mass is 531 g/mol. The van der Waals surface area contributed by atoms with E-state index in [4.69, 9.17) is 20.8 Å². The molecule has 0 saturated carbocycles. The average Bonchev–Trinajstić information content (AvgIpc) is 3.71. The molecule has 1 saturated heterocycles. The summed E-state index contributed by atoms with van der Waals surface area (Å²) < 4.78 is 11.6. The highest BCUT2D eigenvalue weighted by Gasteiger charge is 2.36. The molecule has 0 aliphatic carbocycles. The Morgan fingerprint density at radius 2 is 1.84 bits per heavy atom. The van der Waals surface area contributed by atoms with Gasteiger partial charge in [-0.1, -0.05) is 60.1 Å². The van der Waals surface area contributed by atoms with Crippen molar-refractivity contribution >= 4 is 23.4 Å². The lowest BCUT2D eigenvalue weighted by Gasteiger charge is -2.30. The SMILES string of the molecule is Cc1ccc([C@@H](C(=O)NC[C@H]2CCCO2)N(Cc2ccccc2Cl)C(=O)c2ccc(-c3ccccc3)[nH]2)o1. The topological polar surface area (TPSA) is 87.6 Å². The molecule has 1 aliphatic rings. The molecule has 0 radical (unpaired) electrons. The van der Waals surface area contributed by atoms with Crippen LogP contribution in [-0.4, -0.2) is 41.0 Å². The van der Waals surface area contributed by atoms with Crippen molar-refractivity contribution in [1.29, 1.82) is 0 Å². The standard InChI is InChI=1S/C30H30ClN3O4/c1-20-13-16-27(38-20)28(29(35)32-18-23-11-7-17-37-23)34(19-22-10-5-6-12-24(22)31)30(36)26-15-14-25(33-26)21-8-3-2-4-9-21/h2-6,8-10,12-16,23,28,33H,7,11,17-19H2,1H3,(H,32,35)/t23-,28+/m1/s1. The number of hydrogen-bond donors (Lipinski definition) is 2. The fraction of sp³-hybridized carbons (Fsp3) is 0.267. The van der Waals surface area contributed by atoms with E-state index in [9.17, 15) is 9.59 Å². The molecule has 4 aromatic rings. The molecular weight excluding hydrogens is 502 g/mol. The van der Waals surface area contributed by atoms with Gasteiger partial charge in [-0.05, 0) is 61.2 Å². The van der Waals surface area contributed by atoms with Gasteiger partial charge in [-0.3, -0.25) is 9.59 Å². The number of hydrogen-bond acceptors (Lipinski definition) is 4. The first kappa shape index (κ1) is 25.8. The van der Waals surface area contributed by atoms with Gasteiger partial charge in [0.15, 0.2) is 6.04 Å². The van der Waals surface area contributed by atoms with Crippen LogP contribution < -0.4 is 5.32 Å². The highest BCUT2D eigenvalue weighted by molar-refractivity contribution is 6.31. The van der Waals surface area contributed by atoms with Gasteiger partial charge in [-0.2, -0.15) is 0 Å². The summed E-state index contributed by atoms with van der Waals surface area (Å²) in [5.41, 5.74) is 2.84. The zero-order chi connectivity index (χ0) is 26.5. The molecule has 2 aromatic heterocycles. The number of furan rings is 1. The number of aromatic nitrogens is 1. The van der Waals surface area contributed by atoms with Gasteiger partial charge in [0.2, 0.25) is 0 Å². The van der Waals surface area contributed by atoms with Gasteiger partial charge >= 0.3 is 0 Å². The smallest absolute Gasteiger partial charge is 0.271 e. The fourth-order valence-electron chi connectivity index (χ4n) is 4.69. The van der Waals surface area contributed by atoms with E-state index in [1.807, 2.05) is 61.5 Å². The Morgan fingerprint density at radius 3 is 2.55 bits per heavy atom. The molecule has 2 atom stereocenters. The van der Waals surface area contributed by atoms with Crippen LogP contribution in [0.5, 0.6) is 0 Å². The van der Waals surface area contributed by atoms with E-state index in [-0.39, 0.29) is 24.5 Å².